The summed E-state index contributed by atoms with van der Waals surface area (Å²) in [5, 5.41) is 7.41. The van der Waals surface area contributed by atoms with Crippen molar-refractivity contribution in [3.05, 3.63) is 88.9 Å². The van der Waals surface area contributed by atoms with Crippen LogP contribution in [0.25, 0.3) is 16.8 Å². The van der Waals surface area contributed by atoms with Gasteiger partial charge < -0.3 is 14.8 Å². The lowest BCUT2D eigenvalue weighted by Crippen LogP contribution is -2.19. The first-order valence-corrected chi connectivity index (χ1v) is 10.7. The number of hydrogen-bond acceptors (Lipinski definition) is 5. The normalized spacial score (nSPS) is 10.8. The summed E-state index contributed by atoms with van der Waals surface area (Å²) in [6.45, 7) is 1.53. The van der Waals surface area contributed by atoms with Crippen molar-refractivity contribution in [3.8, 4) is 28.3 Å². The van der Waals surface area contributed by atoms with Crippen molar-refractivity contribution in [2.24, 2.45) is 7.05 Å². The van der Waals surface area contributed by atoms with E-state index in [0.29, 0.717) is 40.6 Å². The van der Waals surface area contributed by atoms with Crippen molar-refractivity contribution in [1.82, 2.24) is 14.3 Å². The molecule has 0 bridgehead atoms. The maximum atomic E-state index is 14.5. The molecule has 0 atom stereocenters. The molecule has 7 nitrogen and oxygen atoms in total. The van der Waals surface area contributed by atoms with E-state index in [4.69, 9.17) is 9.47 Å². The molecule has 0 aliphatic rings. The number of nitrogens with one attached hydrogen (secondary N) is 1. The molecule has 9 heteroatoms. The highest BCUT2D eigenvalue weighted by Gasteiger charge is 2.13. The number of aryl methyl sites for hydroxylation is 1. The lowest BCUT2D eigenvalue weighted by molar-refractivity contribution is 0.192. The van der Waals surface area contributed by atoms with Crippen LogP contribution in [0.2, 0.25) is 0 Å². The van der Waals surface area contributed by atoms with E-state index in [1.165, 1.54) is 16.7 Å². The number of halogens is 2. The van der Waals surface area contributed by atoms with Crippen LogP contribution in [0.5, 0.6) is 11.5 Å². The Hall–Kier alpha value is -4.14. The average Bonchev–Trinajstić information content (AvgIpc) is 3.26. The molecule has 4 aromatic rings. The van der Waals surface area contributed by atoms with E-state index in [9.17, 15) is 13.6 Å². The zero-order valence-corrected chi connectivity index (χ0v) is 18.8. The van der Waals surface area contributed by atoms with Crippen LogP contribution < -0.4 is 20.3 Å². The SMILES string of the molecule is CCOc1ccc(CNc2cc(=O)n(-c3ccc(OCF)cc3)cc2-c2cnn(C)c2)c(F)c1. The average molecular weight is 466 g/mol. The van der Waals surface area contributed by atoms with Gasteiger partial charge in [-0.1, -0.05) is 6.07 Å². The highest BCUT2D eigenvalue weighted by atomic mass is 19.1. The van der Waals surface area contributed by atoms with Gasteiger partial charge in [-0.3, -0.25) is 14.0 Å². The molecule has 0 aliphatic carbocycles. The number of hydrogen-bond donors (Lipinski definition) is 1. The Labute approximate surface area is 195 Å². The van der Waals surface area contributed by atoms with Crippen LogP contribution in [-0.2, 0) is 13.6 Å². The van der Waals surface area contributed by atoms with Crippen molar-refractivity contribution in [3.63, 3.8) is 0 Å². The second-order valence-corrected chi connectivity index (χ2v) is 7.50. The Morgan fingerprint density at radius 1 is 1.03 bits per heavy atom. The van der Waals surface area contributed by atoms with Crippen molar-refractivity contribution in [2.45, 2.75) is 13.5 Å². The van der Waals surface area contributed by atoms with E-state index in [1.807, 2.05) is 13.1 Å². The molecule has 0 fully saturated rings. The Morgan fingerprint density at radius 2 is 1.79 bits per heavy atom. The van der Waals surface area contributed by atoms with E-state index in [2.05, 4.69) is 10.4 Å². The Kier molecular flexibility index (Phi) is 6.91. The third-order valence-electron chi connectivity index (χ3n) is 5.21. The summed E-state index contributed by atoms with van der Waals surface area (Å²) in [5.74, 6) is 0.429. The molecule has 176 valence electrons. The van der Waals surface area contributed by atoms with Gasteiger partial charge in [0.15, 0.2) is 0 Å². The molecule has 0 saturated carbocycles. The minimum atomic E-state index is -0.931. The smallest absolute Gasteiger partial charge is 0.257 e. The van der Waals surface area contributed by atoms with E-state index < -0.39 is 12.7 Å². The number of benzene rings is 2. The van der Waals surface area contributed by atoms with Crippen molar-refractivity contribution in [2.75, 3.05) is 18.8 Å². The van der Waals surface area contributed by atoms with Gasteiger partial charge in [0.05, 0.1) is 12.8 Å². The third-order valence-corrected chi connectivity index (χ3v) is 5.21. The van der Waals surface area contributed by atoms with E-state index >= 15 is 0 Å². The first kappa shape index (κ1) is 23.0. The van der Waals surface area contributed by atoms with Crippen molar-refractivity contribution < 1.29 is 18.3 Å². The second-order valence-electron chi connectivity index (χ2n) is 7.50. The van der Waals surface area contributed by atoms with Crippen LogP contribution in [-0.4, -0.2) is 27.8 Å². The van der Waals surface area contributed by atoms with Crippen molar-refractivity contribution in [1.29, 1.82) is 0 Å². The molecule has 2 aromatic carbocycles. The van der Waals surface area contributed by atoms with Crippen molar-refractivity contribution >= 4 is 5.69 Å². The topological polar surface area (TPSA) is 70.3 Å². The molecule has 34 heavy (non-hydrogen) atoms. The van der Waals surface area contributed by atoms with Gasteiger partial charge in [-0.25, -0.2) is 8.78 Å². The number of anilines is 1. The van der Waals surface area contributed by atoms with Gasteiger partial charge in [0, 0.05) is 66.2 Å². The highest BCUT2D eigenvalue weighted by molar-refractivity contribution is 5.76. The van der Waals surface area contributed by atoms with E-state index in [0.717, 1.165) is 5.56 Å². The minimum Gasteiger partial charge on any atom is -0.494 e. The molecule has 1 N–H and O–H groups in total. The van der Waals surface area contributed by atoms with Crippen LogP contribution in [0.15, 0.2) is 71.9 Å². The largest absolute Gasteiger partial charge is 0.494 e. The lowest BCUT2D eigenvalue weighted by Gasteiger charge is -2.15. The van der Waals surface area contributed by atoms with Gasteiger partial charge in [-0.2, -0.15) is 5.10 Å². The molecule has 0 spiro atoms. The van der Waals surface area contributed by atoms with Gasteiger partial charge in [-0.05, 0) is 37.3 Å². The summed E-state index contributed by atoms with van der Waals surface area (Å²) in [6.07, 6.45) is 5.21. The summed E-state index contributed by atoms with van der Waals surface area (Å²) in [7, 11) is 1.80. The number of ether oxygens (including phenoxy) is 2. The fourth-order valence-electron chi connectivity index (χ4n) is 3.56. The zero-order chi connectivity index (χ0) is 24.1. The fourth-order valence-corrected chi connectivity index (χ4v) is 3.56. The fraction of sp³-hybridized carbons (Fsp3) is 0.200. The number of aromatic nitrogens is 3. The minimum absolute atomic E-state index is 0.171. The summed E-state index contributed by atoms with van der Waals surface area (Å²) in [6, 6.07) is 12.7. The number of rotatable bonds is 9. The molecule has 0 saturated heterocycles. The van der Waals surface area contributed by atoms with Gasteiger partial charge in [0.1, 0.15) is 17.3 Å². The molecule has 2 aromatic heterocycles. The standard InChI is InChI=1S/C25H24F2N4O3/c1-3-33-21-7-4-17(23(27)10-21)12-28-24-11-25(32)31(15-22(24)18-13-29-30(2)14-18)19-5-8-20(9-6-19)34-16-26/h4-11,13-15,28H,3,12,16H2,1-2H3. The maximum Gasteiger partial charge on any atom is 0.257 e. The van der Waals surface area contributed by atoms with Crippen LogP contribution in [0.3, 0.4) is 0 Å². The molecule has 0 unspecified atom stereocenters. The van der Waals surface area contributed by atoms with Crippen LogP contribution >= 0.6 is 0 Å². The third kappa shape index (κ3) is 5.09. The summed E-state index contributed by atoms with van der Waals surface area (Å²) >= 11 is 0. The van der Waals surface area contributed by atoms with Crippen LogP contribution in [0.1, 0.15) is 12.5 Å². The molecule has 4 rings (SSSR count). The van der Waals surface area contributed by atoms with E-state index in [-0.39, 0.29) is 12.1 Å². The van der Waals surface area contributed by atoms with Gasteiger partial charge in [0.25, 0.3) is 5.56 Å². The Balaban J connectivity index is 1.68. The van der Waals surface area contributed by atoms with Gasteiger partial charge in [0.2, 0.25) is 6.86 Å². The first-order chi connectivity index (χ1) is 16.5. The number of nitrogens with zero attached hydrogens (tertiary/aromatic N) is 3. The summed E-state index contributed by atoms with van der Waals surface area (Å²) < 4.78 is 40.2. The maximum absolute atomic E-state index is 14.5. The predicted molar refractivity (Wildman–Crippen MR) is 126 cm³/mol. The van der Waals surface area contributed by atoms with Gasteiger partial charge in [-0.15, -0.1) is 0 Å². The summed E-state index contributed by atoms with van der Waals surface area (Å²) in [5.41, 5.74) is 2.77. The Bertz CT molecular complexity index is 1330. The number of alkyl halides is 1. The first-order valence-electron chi connectivity index (χ1n) is 10.7. The van der Waals surface area contributed by atoms with Gasteiger partial charge >= 0.3 is 0 Å². The lowest BCUT2D eigenvalue weighted by atomic mass is 10.1. The molecule has 0 aliphatic heterocycles. The predicted octanol–water partition coefficient (Wildman–Crippen LogP) is 4.69. The monoisotopic (exact) mass is 466 g/mol. The quantitative estimate of drug-likeness (QED) is 0.388. The van der Waals surface area contributed by atoms with E-state index in [1.54, 1.807) is 60.5 Å². The molecular formula is C25H24F2N4O3. The molecule has 0 amide bonds. The molecule has 0 radical (unpaired) electrons. The van der Waals surface area contributed by atoms with Crippen LogP contribution in [0, 0.1) is 5.82 Å². The van der Waals surface area contributed by atoms with Crippen LogP contribution in [0.4, 0.5) is 14.5 Å². The number of pyridine rings is 1. The second kappa shape index (κ2) is 10.2. The highest BCUT2D eigenvalue weighted by Crippen LogP contribution is 2.28. The Morgan fingerprint density at radius 3 is 2.44 bits per heavy atom. The molecular weight excluding hydrogens is 442 g/mol. The summed E-state index contributed by atoms with van der Waals surface area (Å²) in [4.78, 5) is 13.0. The molecule has 2 heterocycles. The zero-order valence-electron chi connectivity index (χ0n) is 18.8.